The minimum atomic E-state index is 0.498. The van der Waals surface area contributed by atoms with Gasteiger partial charge in [-0.1, -0.05) is 38.3 Å². The van der Waals surface area contributed by atoms with Gasteiger partial charge >= 0.3 is 0 Å². The number of hydrogen-bond acceptors (Lipinski definition) is 1. The van der Waals surface area contributed by atoms with Crippen molar-refractivity contribution >= 4 is 0 Å². The second-order valence-electron chi connectivity index (χ2n) is 5.90. The van der Waals surface area contributed by atoms with Crippen LogP contribution in [0.5, 0.6) is 0 Å². The zero-order valence-corrected chi connectivity index (χ0v) is 11.1. The van der Waals surface area contributed by atoms with Crippen molar-refractivity contribution in [3.05, 3.63) is 11.6 Å². The molecule has 0 spiro atoms. The summed E-state index contributed by atoms with van der Waals surface area (Å²) in [6.07, 6.45) is 7.98. The Morgan fingerprint density at radius 3 is 2.47 bits per heavy atom. The minimum Gasteiger partial charge on any atom is -0.313 e. The van der Waals surface area contributed by atoms with Crippen molar-refractivity contribution < 1.29 is 0 Å². The van der Waals surface area contributed by atoms with E-state index in [1.807, 2.05) is 0 Å². The van der Waals surface area contributed by atoms with Gasteiger partial charge in [0.15, 0.2) is 0 Å². The summed E-state index contributed by atoms with van der Waals surface area (Å²) < 4.78 is 0. The molecule has 0 radical (unpaired) electrons. The zero-order valence-electron chi connectivity index (χ0n) is 11.1. The molecule has 0 saturated heterocycles. The summed E-state index contributed by atoms with van der Waals surface area (Å²) in [5, 5.41) is 3.48. The summed E-state index contributed by atoms with van der Waals surface area (Å²) in [7, 11) is 2.09. The predicted octanol–water partition coefficient (Wildman–Crippen LogP) is 3.76. The van der Waals surface area contributed by atoms with Crippen molar-refractivity contribution in [2.24, 2.45) is 11.3 Å². The van der Waals surface area contributed by atoms with Crippen LogP contribution in [0.4, 0.5) is 0 Å². The van der Waals surface area contributed by atoms with Crippen LogP contribution in [0.3, 0.4) is 0 Å². The Bertz CT molecular complexity index is 223. The molecule has 88 valence electrons. The smallest absolute Gasteiger partial charge is 0.0283 e. The molecule has 0 aromatic heterocycles. The normalized spacial score (nSPS) is 27.1. The van der Waals surface area contributed by atoms with Gasteiger partial charge in [-0.15, -0.1) is 0 Å². The number of nitrogens with one attached hydrogen (secondary N) is 1. The second kappa shape index (κ2) is 5.16. The van der Waals surface area contributed by atoms with E-state index in [9.17, 15) is 0 Å². The zero-order chi connectivity index (χ0) is 11.5. The summed E-state index contributed by atoms with van der Waals surface area (Å²) >= 11 is 0. The molecule has 1 heteroatoms. The summed E-state index contributed by atoms with van der Waals surface area (Å²) in [5.41, 5.74) is 1.92. The molecular weight excluding hydrogens is 182 g/mol. The quantitative estimate of drug-likeness (QED) is 0.698. The maximum absolute atomic E-state index is 3.48. The fourth-order valence-corrected chi connectivity index (χ4v) is 2.95. The van der Waals surface area contributed by atoms with Crippen LogP contribution >= 0.6 is 0 Å². The predicted molar refractivity (Wildman–Crippen MR) is 68.0 cm³/mol. The third kappa shape index (κ3) is 3.34. The van der Waals surface area contributed by atoms with Crippen LogP contribution in [0.2, 0.25) is 0 Å². The van der Waals surface area contributed by atoms with E-state index in [2.05, 4.69) is 46.1 Å². The van der Waals surface area contributed by atoms with E-state index in [-0.39, 0.29) is 0 Å². The summed E-state index contributed by atoms with van der Waals surface area (Å²) in [6, 6.07) is 0.560. The van der Waals surface area contributed by atoms with Crippen LogP contribution in [0, 0.1) is 11.3 Å². The molecule has 1 fully saturated rings. The first-order valence-electron chi connectivity index (χ1n) is 6.29. The van der Waals surface area contributed by atoms with Crippen molar-refractivity contribution in [3.63, 3.8) is 0 Å². The lowest BCUT2D eigenvalue weighted by atomic mass is 9.65. The largest absolute Gasteiger partial charge is 0.313 e. The van der Waals surface area contributed by atoms with Gasteiger partial charge in [-0.05, 0) is 45.1 Å². The van der Waals surface area contributed by atoms with E-state index >= 15 is 0 Å². The number of rotatable bonds is 3. The molecule has 1 saturated carbocycles. The Kier molecular flexibility index (Phi) is 4.39. The first kappa shape index (κ1) is 12.8. The molecule has 1 aliphatic carbocycles. The Morgan fingerprint density at radius 1 is 1.33 bits per heavy atom. The average molecular weight is 209 g/mol. The van der Waals surface area contributed by atoms with E-state index in [0.29, 0.717) is 11.5 Å². The van der Waals surface area contributed by atoms with Crippen molar-refractivity contribution in [1.82, 2.24) is 5.32 Å². The van der Waals surface area contributed by atoms with E-state index in [1.54, 1.807) is 0 Å². The molecule has 1 N–H and O–H groups in total. The molecule has 0 heterocycles. The van der Waals surface area contributed by atoms with Crippen LogP contribution in [0.1, 0.15) is 53.4 Å². The van der Waals surface area contributed by atoms with Crippen molar-refractivity contribution in [1.29, 1.82) is 0 Å². The van der Waals surface area contributed by atoms with Crippen LogP contribution in [-0.2, 0) is 0 Å². The lowest BCUT2D eigenvalue weighted by molar-refractivity contribution is 0.116. The molecule has 1 rings (SSSR count). The van der Waals surface area contributed by atoms with Crippen LogP contribution in [-0.4, -0.2) is 13.1 Å². The van der Waals surface area contributed by atoms with Gasteiger partial charge in [0.25, 0.3) is 0 Å². The fraction of sp³-hybridized carbons (Fsp3) is 0.857. The van der Waals surface area contributed by atoms with Gasteiger partial charge in [-0.2, -0.15) is 0 Å². The Hall–Kier alpha value is -0.300. The second-order valence-corrected chi connectivity index (χ2v) is 5.90. The molecule has 1 aliphatic rings. The maximum Gasteiger partial charge on any atom is 0.0283 e. The van der Waals surface area contributed by atoms with Crippen molar-refractivity contribution in [3.8, 4) is 0 Å². The molecule has 0 bridgehead atoms. The van der Waals surface area contributed by atoms with E-state index in [1.165, 1.54) is 31.3 Å². The van der Waals surface area contributed by atoms with Gasteiger partial charge in [-0.25, -0.2) is 0 Å². The Balaban J connectivity index is 2.77. The Labute approximate surface area is 95.3 Å². The standard InChI is InChI=1S/C14H27N/c1-11(2)10-13(15-5)12-8-6-7-9-14(12,3)4/h10,12-13,15H,6-9H2,1-5H3. The molecule has 0 aliphatic heterocycles. The van der Waals surface area contributed by atoms with Gasteiger partial charge in [-0.3, -0.25) is 0 Å². The highest BCUT2D eigenvalue weighted by molar-refractivity contribution is 5.06. The first-order chi connectivity index (χ1) is 6.97. The van der Waals surface area contributed by atoms with Crippen LogP contribution in [0.15, 0.2) is 11.6 Å². The van der Waals surface area contributed by atoms with E-state index < -0.39 is 0 Å². The molecule has 0 aromatic carbocycles. The summed E-state index contributed by atoms with van der Waals surface area (Å²) in [6.45, 7) is 9.25. The average Bonchev–Trinajstić information content (AvgIpc) is 2.14. The van der Waals surface area contributed by atoms with E-state index in [0.717, 1.165) is 5.92 Å². The lowest BCUT2D eigenvalue weighted by Crippen LogP contribution is -2.42. The van der Waals surface area contributed by atoms with Gasteiger partial charge in [0.2, 0.25) is 0 Å². The molecule has 0 aromatic rings. The molecule has 15 heavy (non-hydrogen) atoms. The van der Waals surface area contributed by atoms with Gasteiger partial charge in [0.05, 0.1) is 0 Å². The van der Waals surface area contributed by atoms with Gasteiger partial charge in [0, 0.05) is 6.04 Å². The highest BCUT2D eigenvalue weighted by Crippen LogP contribution is 2.42. The van der Waals surface area contributed by atoms with Crippen LogP contribution < -0.4 is 5.32 Å². The molecule has 1 nitrogen and oxygen atoms in total. The van der Waals surface area contributed by atoms with E-state index in [4.69, 9.17) is 0 Å². The monoisotopic (exact) mass is 209 g/mol. The SMILES string of the molecule is CNC(C=C(C)C)C1CCCCC1(C)C. The topological polar surface area (TPSA) is 12.0 Å². The van der Waals surface area contributed by atoms with Gasteiger partial charge < -0.3 is 5.32 Å². The lowest BCUT2D eigenvalue weighted by Gasteiger charge is -2.42. The van der Waals surface area contributed by atoms with Gasteiger partial charge in [0.1, 0.15) is 0 Å². The van der Waals surface area contributed by atoms with Crippen molar-refractivity contribution in [2.75, 3.05) is 7.05 Å². The number of hydrogen-bond donors (Lipinski definition) is 1. The molecule has 2 unspecified atom stereocenters. The Morgan fingerprint density at radius 2 is 2.00 bits per heavy atom. The molecular formula is C14H27N. The highest BCUT2D eigenvalue weighted by atomic mass is 14.9. The summed E-state index contributed by atoms with van der Waals surface area (Å²) in [4.78, 5) is 0. The third-order valence-corrected chi connectivity index (χ3v) is 3.87. The highest BCUT2D eigenvalue weighted by Gasteiger charge is 2.35. The number of allylic oxidation sites excluding steroid dienone is 1. The summed E-state index contributed by atoms with van der Waals surface area (Å²) in [5.74, 6) is 0.797. The minimum absolute atomic E-state index is 0.498. The first-order valence-corrected chi connectivity index (χ1v) is 6.29. The van der Waals surface area contributed by atoms with Crippen molar-refractivity contribution in [2.45, 2.75) is 59.4 Å². The fourth-order valence-electron chi connectivity index (χ4n) is 2.95. The molecule has 0 amide bonds. The maximum atomic E-state index is 3.48. The number of likely N-dealkylation sites (N-methyl/N-ethyl adjacent to an activating group) is 1. The van der Waals surface area contributed by atoms with Crippen LogP contribution in [0.25, 0.3) is 0 Å². The molecule has 2 atom stereocenters. The third-order valence-electron chi connectivity index (χ3n) is 3.87.